The van der Waals surface area contributed by atoms with Gasteiger partial charge in [-0.3, -0.25) is 10.1 Å². The molecule has 0 amide bonds. The van der Waals surface area contributed by atoms with E-state index in [1.54, 1.807) is 24.3 Å². The van der Waals surface area contributed by atoms with Gasteiger partial charge in [0.1, 0.15) is 6.33 Å². The van der Waals surface area contributed by atoms with E-state index in [1.807, 2.05) is 29.2 Å². The predicted octanol–water partition coefficient (Wildman–Crippen LogP) is 3.61. The summed E-state index contributed by atoms with van der Waals surface area (Å²) >= 11 is 0. The Morgan fingerprint density at radius 2 is 1.93 bits per heavy atom. The van der Waals surface area contributed by atoms with Crippen molar-refractivity contribution in [2.75, 3.05) is 23.9 Å². The molecule has 0 spiro atoms. The molecule has 3 aromatic rings. The van der Waals surface area contributed by atoms with Crippen molar-refractivity contribution in [1.29, 1.82) is 0 Å². The summed E-state index contributed by atoms with van der Waals surface area (Å²) in [6, 6.07) is 14.3. The van der Waals surface area contributed by atoms with E-state index < -0.39 is 10.9 Å². The number of nitrogens with zero attached hydrogens (tertiary/aromatic N) is 4. The number of rotatable bonds is 5. The van der Waals surface area contributed by atoms with Gasteiger partial charge in [-0.2, -0.15) is 0 Å². The third kappa shape index (κ3) is 3.33. The van der Waals surface area contributed by atoms with Crippen LogP contribution in [0.3, 0.4) is 0 Å². The van der Waals surface area contributed by atoms with E-state index in [1.165, 1.54) is 13.4 Å². The molecule has 1 N–H and O–H groups in total. The second kappa shape index (κ2) is 7.55. The standard InChI is InChI=1S/C20H17N5O4/c1-29-20(26)14-7-3-4-8-15(14)23-18-17(25(27)28)19(22-12-21-18)24-11-10-13-6-2-5-9-16(13)24/h2-9,12H,10-11H2,1H3,(H,21,22,23). The fraction of sp³-hybridized carbons (Fsp3) is 0.150. The first-order valence-electron chi connectivity index (χ1n) is 8.89. The van der Waals surface area contributed by atoms with Crippen LogP contribution in [0.2, 0.25) is 0 Å². The van der Waals surface area contributed by atoms with Crippen LogP contribution in [0, 0.1) is 10.1 Å². The quantitative estimate of drug-likeness (QED) is 0.399. The maximum atomic E-state index is 12.0. The van der Waals surface area contributed by atoms with E-state index in [4.69, 9.17) is 4.74 Å². The van der Waals surface area contributed by atoms with Crippen molar-refractivity contribution in [1.82, 2.24) is 9.97 Å². The Hall–Kier alpha value is -4.01. The molecule has 2 aromatic carbocycles. The molecule has 0 saturated carbocycles. The summed E-state index contributed by atoms with van der Waals surface area (Å²) in [4.78, 5) is 33.5. The van der Waals surface area contributed by atoms with Crippen LogP contribution in [-0.2, 0) is 11.2 Å². The van der Waals surface area contributed by atoms with Gasteiger partial charge in [0.25, 0.3) is 0 Å². The summed E-state index contributed by atoms with van der Waals surface area (Å²) < 4.78 is 4.78. The molecule has 1 aliphatic rings. The fourth-order valence-corrected chi connectivity index (χ4v) is 3.39. The Labute approximate surface area is 166 Å². The predicted molar refractivity (Wildman–Crippen MR) is 107 cm³/mol. The van der Waals surface area contributed by atoms with Crippen molar-refractivity contribution >= 4 is 34.7 Å². The summed E-state index contributed by atoms with van der Waals surface area (Å²) in [5.74, 6) is -0.354. The van der Waals surface area contributed by atoms with Gasteiger partial charge in [-0.05, 0) is 30.2 Å². The summed E-state index contributed by atoms with van der Waals surface area (Å²) in [5.41, 5.74) is 2.33. The zero-order chi connectivity index (χ0) is 20.4. The van der Waals surface area contributed by atoms with Gasteiger partial charge in [-0.1, -0.05) is 30.3 Å². The first-order chi connectivity index (χ1) is 14.1. The molecule has 4 rings (SSSR count). The summed E-state index contributed by atoms with van der Waals surface area (Å²) in [6.07, 6.45) is 2.04. The number of nitro groups is 1. The number of ether oxygens (including phenoxy) is 1. The minimum absolute atomic E-state index is 0.000680. The SMILES string of the molecule is COC(=O)c1ccccc1Nc1ncnc(N2CCc3ccccc32)c1[N+](=O)[O-]. The molecule has 0 bridgehead atoms. The lowest BCUT2D eigenvalue weighted by atomic mass is 10.1. The van der Waals surface area contributed by atoms with Crippen LogP contribution in [0.15, 0.2) is 54.9 Å². The van der Waals surface area contributed by atoms with Gasteiger partial charge in [-0.15, -0.1) is 0 Å². The van der Waals surface area contributed by atoms with E-state index in [9.17, 15) is 14.9 Å². The van der Waals surface area contributed by atoms with Crippen LogP contribution < -0.4 is 10.2 Å². The van der Waals surface area contributed by atoms with Crippen molar-refractivity contribution in [3.63, 3.8) is 0 Å². The number of benzene rings is 2. The van der Waals surface area contributed by atoms with Crippen molar-refractivity contribution in [3.8, 4) is 0 Å². The summed E-state index contributed by atoms with van der Waals surface area (Å²) in [7, 11) is 1.27. The van der Waals surface area contributed by atoms with Gasteiger partial charge in [0, 0.05) is 12.2 Å². The van der Waals surface area contributed by atoms with E-state index >= 15 is 0 Å². The van der Waals surface area contributed by atoms with Crippen LogP contribution in [-0.4, -0.2) is 34.5 Å². The Balaban J connectivity index is 1.79. The Kier molecular flexibility index (Phi) is 4.78. The maximum Gasteiger partial charge on any atom is 0.354 e. The van der Waals surface area contributed by atoms with Crippen LogP contribution in [0.5, 0.6) is 0 Å². The molecule has 1 aromatic heterocycles. The monoisotopic (exact) mass is 391 g/mol. The third-order valence-corrected chi connectivity index (χ3v) is 4.71. The molecule has 2 heterocycles. The van der Waals surface area contributed by atoms with E-state index in [-0.39, 0.29) is 22.9 Å². The molecule has 0 aliphatic carbocycles. The second-order valence-corrected chi connectivity index (χ2v) is 6.34. The van der Waals surface area contributed by atoms with E-state index in [0.717, 1.165) is 17.7 Å². The van der Waals surface area contributed by atoms with Crippen LogP contribution in [0.4, 0.5) is 28.7 Å². The first kappa shape index (κ1) is 18.4. The van der Waals surface area contributed by atoms with Crippen LogP contribution in [0.25, 0.3) is 0 Å². The molecular formula is C20H17N5O4. The molecule has 0 unspecified atom stereocenters. The highest BCUT2D eigenvalue weighted by molar-refractivity contribution is 5.97. The van der Waals surface area contributed by atoms with Gasteiger partial charge in [0.05, 0.1) is 23.3 Å². The van der Waals surface area contributed by atoms with Crippen molar-refractivity contribution in [2.24, 2.45) is 0 Å². The normalized spacial score (nSPS) is 12.4. The highest BCUT2D eigenvalue weighted by Gasteiger charge is 2.31. The second-order valence-electron chi connectivity index (χ2n) is 6.34. The van der Waals surface area contributed by atoms with Crippen molar-refractivity contribution in [3.05, 3.63) is 76.1 Å². The molecule has 146 valence electrons. The largest absolute Gasteiger partial charge is 0.465 e. The number of fused-ring (bicyclic) bond motifs is 1. The molecule has 0 atom stereocenters. The number of carbonyl (C=O) groups is 1. The van der Waals surface area contributed by atoms with Gasteiger partial charge in [0.2, 0.25) is 11.6 Å². The topological polar surface area (TPSA) is 110 Å². The number of hydrogen-bond donors (Lipinski definition) is 1. The molecular weight excluding hydrogens is 374 g/mol. The average Bonchev–Trinajstić information content (AvgIpc) is 3.17. The van der Waals surface area contributed by atoms with Gasteiger partial charge >= 0.3 is 11.7 Å². The molecule has 1 aliphatic heterocycles. The lowest BCUT2D eigenvalue weighted by Crippen LogP contribution is -2.18. The number of esters is 1. The van der Waals surface area contributed by atoms with Crippen LogP contribution in [0.1, 0.15) is 15.9 Å². The Morgan fingerprint density at radius 3 is 2.72 bits per heavy atom. The molecule has 0 fully saturated rings. The maximum absolute atomic E-state index is 12.0. The smallest absolute Gasteiger partial charge is 0.354 e. The minimum atomic E-state index is -0.557. The fourth-order valence-electron chi connectivity index (χ4n) is 3.39. The summed E-state index contributed by atoms with van der Waals surface area (Å²) in [5, 5.41) is 14.8. The zero-order valence-corrected chi connectivity index (χ0v) is 15.5. The first-order valence-corrected chi connectivity index (χ1v) is 8.89. The van der Waals surface area contributed by atoms with Crippen LogP contribution >= 0.6 is 0 Å². The number of aromatic nitrogens is 2. The lowest BCUT2D eigenvalue weighted by Gasteiger charge is -2.19. The van der Waals surface area contributed by atoms with Crippen molar-refractivity contribution in [2.45, 2.75) is 6.42 Å². The Bertz CT molecular complexity index is 1100. The van der Waals surface area contributed by atoms with Crippen molar-refractivity contribution < 1.29 is 14.5 Å². The number of carbonyl (C=O) groups excluding carboxylic acids is 1. The van der Waals surface area contributed by atoms with E-state index in [2.05, 4.69) is 15.3 Å². The molecule has 9 heteroatoms. The molecule has 29 heavy (non-hydrogen) atoms. The molecule has 0 radical (unpaired) electrons. The zero-order valence-electron chi connectivity index (χ0n) is 15.5. The number of anilines is 4. The number of nitrogens with one attached hydrogen (secondary N) is 1. The highest BCUT2D eigenvalue weighted by Crippen LogP contribution is 2.41. The average molecular weight is 391 g/mol. The minimum Gasteiger partial charge on any atom is -0.465 e. The van der Waals surface area contributed by atoms with Gasteiger partial charge in [0.15, 0.2) is 0 Å². The number of hydrogen-bond acceptors (Lipinski definition) is 8. The highest BCUT2D eigenvalue weighted by atomic mass is 16.6. The Morgan fingerprint density at radius 1 is 1.17 bits per heavy atom. The summed E-state index contributed by atoms with van der Waals surface area (Å²) in [6.45, 7) is 0.579. The third-order valence-electron chi connectivity index (χ3n) is 4.71. The molecule has 0 saturated heterocycles. The van der Waals surface area contributed by atoms with E-state index in [0.29, 0.717) is 12.2 Å². The molecule has 9 nitrogen and oxygen atoms in total. The van der Waals surface area contributed by atoms with Gasteiger partial charge < -0.3 is 15.0 Å². The van der Waals surface area contributed by atoms with Gasteiger partial charge in [-0.25, -0.2) is 14.8 Å². The number of para-hydroxylation sites is 2. The lowest BCUT2D eigenvalue weighted by molar-refractivity contribution is -0.383. The number of methoxy groups -OCH3 is 1.